The van der Waals surface area contributed by atoms with Gasteiger partial charge in [0.2, 0.25) is 0 Å². The maximum atomic E-state index is 13.2. The summed E-state index contributed by atoms with van der Waals surface area (Å²) in [6.45, 7) is 0.894. The molecule has 1 fully saturated rings. The third kappa shape index (κ3) is 3.67. The summed E-state index contributed by atoms with van der Waals surface area (Å²) in [5, 5.41) is 3.41. The van der Waals surface area contributed by atoms with Crippen molar-refractivity contribution in [3.05, 3.63) is 28.0 Å². The Labute approximate surface area is 115 Å². The fourth-order valence-corrected chi connectivity index (χ4v) is 3.53. The Hall–Kier alpha value is -0.120. The van der Waals surface area contributed by atoms with Gasteiger partial charge in [-0.15, -0.1) is 0 Å². The molecule has 0 aromatic heterocycles. The van der Waals surface area contributed by atoms with Gasteiger partial charge in [-0.25, -0.2) is 4.39 Å². The van der Waals surface area contributed by atoms with Crippen LogP contribution < -0.4 is 5.32 Å². The van der Waals surface area contributed by atoms with Gasteiger partial charge < -0.3 is 5.32 Å². The molecule has 5 heteroatoms. The number of rotatable bonds is 3. The van der Waals surface area contributed by atoms with Crippen LogP contribution in [0, 0.1) is 11.7 Å². The molecule has 0 saturated carbocycles. The summed E-state index contributed by atoms with van der Waals surface area (Å²) in [4.78, 5) is 0. The first-order valence-corrected chi connectivity index (χ1v) is 7.54. The van der Waals surface area contributed by atoms with Crippen molar-refractivity contribution in [2.75, 3.05) is 23.4 Å². The predicted octanol–water partition coefficient (Wildman–Crippen LogP) is 4.69. The lowest BCUT2D eigenvalue weighted by atomic mass is 10.1. The van der Waals surface area contributed by atoms with Gasteiger partial charge in [0.1, 0.15) is 0 Å². The molecule has 1 heterocycles. The van der Waals surface area contributed by atoms with Crippen LogP contribution in [0.1, 0.15) is 12.8 Å². The van der Waals surface area contributed by atoms with Crippen LogP contribution in [0.2, 0.25) is 10.0 Å². The van der Waals surface area contributed by atoms with Crippen molar-refractivity contribution in [2.24, 2.45) is 5.92 Å². The zero-order chi connectivity index (χ0) is 12.3. The Morgan fingerprint density at radius 2 is 2.06 bits per heavy atom. The van der Waals surface area contributed by atoms with Gasteiger partial charge in [-0.1, -0.05) is 23.2 Å². The average molecular weight is 294 g/mol. The van der Waals surface area contributed by atoms with Crippen molar-refractivity contribution >= 4 is 40.7 Å². The Balaban J connectivity index is 1.94. The van der Waals surface area contributed by atoms with Crippen LogP contribution in [0.4, 0.5) is 10.1 Å². The normalized spacial score (nSPS) is 20.3. The maximum absolute atomic E-state index is 13.2. The van der Waals surface area contributed by atoms with E-state index in [0.29, 0.717) is 5.92 Å². The SMILES string of the molecule is Fc1c(Cl)cc(NCC2CCCSC2)cc1Cl. The summed E-state index contributed by atoms with van der Waals surface area (Å²) in [7, 11) is 0. The van der Waals surface area contributed by atoms with Crippen molar-refractivity contribution in [2.45, 2.75) is 12.8 Å². The molecule has 0 bridgehead atoms. The van der Waals surface area contributed by atoms with Crippen LogP contribution >= 0.6 is 35.0 Å². The van der Waals surface area contributed by atoms with Gasteiger partial charge in [0, 0.05) is 12.2 Å². The Bertz CT molecular complexity index is 371. The lowest BCUT2D eigenvalue weighted by molar-refractivity contribution is 0.548. The molecule has 1 saturated heterocycles. The fraction of sp³-hybridized carbons (Fsp3) is 0.500. The molecule has 2 rings (SSSR count). The van der Waals surface area contributed by atoms with Crippen molar-refractivity contribution in [3.8, 4) is 0 Å². The molecule has 1 nitrogen and oxygen atoms in total. The summed E-state index contributed by atoms with van der Waals surface area (Å²) < 4.78 is 13.2. The van der Waals surface area contributed by atoms with Crippen LogP contribution in [0.25, 0.3) is 0 Å². The molecule has 0 spiro atoms. The lowest BCUT2D eigenvalue weighted by Crippen LogP contribution is -2.20. The van der Waals surface area contributed by atoms with Crippen molar-refractivity contribution in [3.63, 3.8) is 0 Å². The molecule has 94 valence electrons. The number of benzene rings is 1. The molecule has 1 atom stereocenters. The monoisotopic (exact) mass is 293 g/mol. The number of thioether (sulfide) groups is 1. The van der Waals surface area contributed by atoms with Crippen LogP contribution in [-0.2, 0) is 0 Å². The predicted molar refractivity (Wildman–Crippen MR) is 75.0 cm³/mol. The van der Waals surface area contributed by atoms with Crippen LogP contribution in [-0.4, -0.2) is 18.1 Å². The van der Waals surface area contributed by atoms with E-state index in [1.807, 2.05) is 11.8 Å². The summed E-state index contributed by atoms with van der Waals surface area (Å²) in [6.07, 6.45) is 2.53. The number of nitrogens with one attached hydrogen (secondary N) is 1. The zero-order valence-electron chi connectivity index (χ0n) is 9.31. The first-order chi connectivity index (χ1) is 8.16. The summed E-state index contributed by atoms with van der Waals surface area (Å²) in [5.74, 6) is 2.59. The Kier molecular flexibility index (Phi) is 4.83. The Morgan fingerprint density at radius 3 is 2.65 bits per heavy atom. The van der Waals surface area contributed by atoms with Crippen LogP contribution in [0.15, 0.2) is 12.1 Å². The minimum atomic E-state index is -0.549. The number of hydrogen-bond donors (Lipinski definition) is 1. The van der Waals surface area contributed by atoms with Gasteiger partial charge in [-0.05, 0) is 42.4 Å². The summed E-state index contributed by atoms with van der Waals surface area (Å²) >= 11 is 13.5. The van der Waals surface area contributed by atoms with Crippen molar-refractivity contribution < 1.29 is 4.39 Å². The maximum Gasteiger partial charge on any atom is 0.160 e. The van der Waals surface area contributed by atoms with E-state index in [1.54, 1.807) is 12.1 Å². The van der Waals surface area contributed by atoms with Gasteiger partial charge >= 0.3 is 0 Å². The highest BCUT2D eigenvalue weighted by molar-refractivity contribution is 7.99. The molecule has 1 aromatic carbocycles. The second kappa shape index (κ2) is 6.17. The number of anilines is 1. The molecule has 1 N–H and O–H groups in total. The summed E-state index contributed by atoms with van der Waals surface area (Å²) in [5.41, 5.74) is 0.789. The molecule has 17 heavy (non-hydrogen) atoms. The zero-order valence-corrected chi connectivity index (χ0v) is 11.6. The fourth-order valence-electron chi connectivity index (χ4n) is 1.89. The second-order valence-corrected chi connectivity index (χ2v) is 6.18. The van der Waals surface area contributed by atoms with E-state index >= 15 is 0 Å². The minimum Gasteiger partial charge on any atom is -0.385 e. The molecule has 0 radical (unpaired) electrons. The molecular formula is C12H14Cl2FNS. The molecular weight excluding hydrogens is 280 g/mol. The van der Waals surface area contributed by atoms with E-state index in [9.17, 15) is 4.39 Å². The highest BCUT2D eigenvalue weighted by atomic mass is 35.5. The van der Waals surface area contributed by atoms with Gasteiger partial charge in [0.15, 0.2) is 5.82 Å². The lowest BCUT2D eigenvalue weighted by Gasteiger charge is -2.22. The van der Waals surface area contributed by atoms with Gasteiger partial charge in [0.05, 0.1) is 10.0 Å². The first kappa shape index (κ1) is 13.3. The van der Waals surface area contributed by atoms with E-state index in [0.717, 1.165) is 12.2 Å². The molecule has 1 aromatic rings. The first-order valence-electron chi connectivity index (χ1n) is 5.63. The highest BCUT2D eigenvalue weighted by Gasteiger charge is 2.14. The number of hydrogen-bond acceptors (Lipinski definition) is 2. The smallest absolute Gasteiger partial charge is 0.160 e. The van der Waals surface area contributed by atoms with Crippen LogP contribution in [0.3, 0.4) is 0 Å². The van der Waals surface area contributed by atoms with E-state index in [4.69, 9.17) is 23.2 Å². The van der Waals surface area contributed by atoms with E-state index in [1.165, 1.54) is 24.3 Å². The summed E-state index contributed by atoms with van der Waals surface area (Å²) in [6, 6.07) is 3.16. The van der Waals surface area contributed by atoms with E-state index < -0.39 is 5.82 Å². The van der Waals surface area contributed by atoms with E-state index in [-0.39, 0.29) is 10.0 Å². The third-order valence-electron chi connectivity index (χ3n) is 2.83. The topological polar surface area (TPSA) is 12.0 Å². The highest BCUT2D eigenvalue weighted by Crippen LogP contribution is 2.28. The molecule has 0 amide bonds. The quantitative estimate of drug-likeness (QED) is 0.812. The largest absolute Gasteiger partial charge is 0.385 e. The molecule has 1 unspecified atom stereocenters. The molecule has 0 aliphatic carbocycles. The van der Waals surface area contributed by atoms with Crippen molar-refractivity contribution in [1.29, 1.82) is 0 Å². The standard InChI is InChI=1S/C12H14Cl2FNS/c13-10-4-9(5-11(14)12(10)15)16-6-8-2-1-3-17-7-8/h4-5,8,16H,1-3,6-7H2. The molecule has 1 aliphatic heterocycles. The second-order valence-electron chi connectivity index (χ2n) is 4.22. The van der Waals surface area contributed by atoms with Crippen molar-refractivity contribution in [1.82, 2.24) is 0 Å². The van der Waals surface area contributed by atoms with Gasteiger partial charge in [-0.2, -0.15) is 11.8 Å². The van der Waals surface area contributed by atoms with E-state index in [2.05, 4.69) is 5.32 Å². The average Bonchev–Trinajstić information content (AvgIpc) is 2.34. The molecule has 1 aliphatic rings. The van der Waals surface area contributed by atoms with Gasteiger partial charge in [-0.3, -0.25) is 0 Å². The number of halogens is 3. The third-order valence-corrected chi connectivity index (χ3v) is 4.67. The van der Waals surface area contributed by atoms with Gasteiger partial charge in [0.25, 0.3) is 0 Å². The Morgan fingerprint density at radius 1 is 1.35 bits per heavy atom. The minimum absolute atomic E-state index is 0.0676. The van der Waals surface area contributed by atoms with Crippen LogP contribution in [0.5, 0.6) is 0 Å².